The van der Waals surface area contributed by atoms with E-state index in [1.165, 1.54) is 81.5 Å². The Labute approximate surface area is 242 Å². The van der Waals surface area contributed by atoms with Crippen molar-refractivity contribution in [3.63, 3.8) is 0 Å². The van der Waals surface area contributed by atoms with E-state index in [1.807, 2.05) is 0 Å². The molecule has 6 aliphatic rings. The third-order valence-electron chi connectivity index (χ3n) is 12.9. The smallest absolute Gasteiger partial charge is 0.182 e. The van der Waals surface area contributed by atoms with Crippen LogP contribution in [0.25, 0.3) is 0 Å². The summed E-state index contributed by atoms with van der Waals surface area (Å²) in [7, 11) is 4.76. The summed E-state index contributed by atoms with van der Waals surface area (Å²) in [5.74, 6) is 5.47. The number of halogens is 1. The molecule has 0 amide bonds. The normalized spacial score (nSPS) is 43.3. The zero-order chi connectivity index (χ0) is 26.8. The molecule has 0 N–H and O–H groups in total. The Bertz CT molecular complexity index is 1040. The second-order valence-corrected chi connectivity index (χ2v) is 16.2. The SMILES string of the molecule is CN1C(=CC=C(Br)C=CC2=[N+](C)C3CCC4CCCCC4C3C2(C)C)C(C)(C)C2C3CCCCC3CCC21. The molecule has 4 saturated carbocycles. The minimum Gasteiger partial charge on any atom is -0.374 e. The molecule has 2 aliphatic heterocycles. The van der Waals surface area contributed by atoms with Crippen molar-refractivity contribution in [1.82, 2.24) is 4.90 Å². The van der Waals surface area contributed by atoms with Crippen molar-refractivity contribution in [2.24, 2.45) is 46.3 Å². The van der Waals surface area contributed by atoms with Crippen molar-refractivity contribution >= 4 is 21.6 Å². The molecule has 0 aromatic rings. The molecule has 8 atom stereocenters. The van der Waals surface area contributed by atoms with Gasteiger partial charge in [0.2, 0.25) is 0 Å². The first-order valence-electron chi connectivity index (χ1n) is 16.2. The maximum absolute atomic E-state index is 3.95. The van der Waals surface area contributed by atoms with Crippen LogP contribution in [0.1, 0.15) is 105 Å². The van der Waals surface area contributed by atoms with Gasteiger partial charge in [-0.2, -0.15) is 0 Å². The van der Waals surface area contributed by atoms with Crippen molar-refractivity contribution in [2.45, 2.75) is 117 Å². The Balaban J connectivity index is 1.22. The summed E-state index contributed by atoms with van der Waals surface area (Å²) in [5, 5.41) is 0. The van der Waals surface area contributed by atoms with Gasteiger partial charge in [-0.3, -0.25) is 0 Å². The number of likely N-dealkylation sites (tertiary alicyclic amines) is 1. The van der Waals surface area contributed by atoms with Gasteiger partial charge in [0.1, 0.15) is 7.05 Å². The minimum absolute atomic E-state index is 0.252. The molecule has 0 bridgehead atoms. The monoisotopic (exact) mass is 581 g/mol. The van der Waals surface area contributed by atoms with Gasteiger partial charge in [-0.05, 0) is 93.8 Å². The number of rotatable bonds is 3. The Morgan fingerprint density at radius 2 is 1.42 bits per heavy atom. The molecule has 210 valence electrons. The van der Waals surface area contributed by atoms with Gasteiger partial charge < -0.3 is 4.90 Å². The molecule has 0 aromatic heterocycles. The van der Waals surface area contributed by atoms with E-state index >= 15 is 0 Å². The number of allylic oxidation sites excluding steroid dienone is 6. The van der Waals surface area contributed by atoms with Gasteiger partial charge in [-0.25, -0.2) is 4.58 Å². The minimum atomic E-state index is 0.252. The maximum atomic E-state index is 3.95. The Hall–Kier alpha value is -0.830. The highest BCUT2D eigenvalue weighted by Crippen LogP contribution is 2.59. The van der Waals surface area contributed by atoms with E-state index in [1.54, 1.807) is 11.4 Å². The van der Waals surface area contributed by atoms with E-state index in [9.17, 15) is 0 Å². The van der Waals surface area contributed by atoms with Crippen LogP contribution in [0.5, 0.6) is 0 Å². The van der Waals surface area contributed by atoms with Gasteiger partial charge in [-0.15, -0.1) is 0 Å². The predicted octanol–water partition coefficient (Wildman–Crippen LogP) is 8.97. The van der Waals surface area contributed by atoms with E-state index in [0.29, 0.717) is 0 Å². The molecule has 2 nitrogen and oxygen atoms in total. The predicted molar refractivity (Wildman–Crippen MR) is 165 cm³/mol. The Kier molecular flexibility index (Phi) is 7.35. The molecule has 0 spiro atoms. The van der Waals surface area contributed by atoms with Crippen LogP contribution >= 0.6 is 15.9 Å². The van der Waals surface area contributed by atoms with Crippen LogP contribution in [0.4, 0.5) is 0 Å². The van der Waals surface area contributed by atoms with Crippen molar-refractivity contribution < 1.29 is 4.58 Å². The second-order valence-electron chi connectivity index (χ2n) is 15.2. The quantitative estimate of drug-likeness (QED) is 0.238. The summed E-state index contributed by atoms with van der Waals surface area (Å²) in [5.41, 5.74) is 3.60. The first-order valence-corrected chi connectivity index (χ1v) is 17.0. The fourth-order valence-electron chi connectivity index (χ4n) is 11.4. The maximum Gasteiger partial charge on any atom is 0.182 e. The van der Waals surface area contributed by atoms with Crippen LogP contribution in [0.15, 0.2) is 34.5 Å². The van der Waals surface area contributed by atoms with Gasteiger partial charge in [0, 0.05) is 47.1 Å². The summed E-state index contributed by atoms with van der Waals surface area (Å²) in [4.78, 5) is 2.67. The van der Waals surface area contributed by atoms with Gasteiger partial charge in [0.05, 0.1) is 5.41 Å². The number of fused-ring (bicyclic) bond motifs is 6. The molecule has 0 radical (unpaired) electrons. The van der Waals surface area contributed by atoms with Crippen molar-refractivity contribution in [1.29, 1.82) is 0 Å². The molecular weight excluding hydrogens is 528 g/mol. The lowest BCUT2D eigenvalue weighted by molar-refractivity contribution is -0.541. The zero-order valence-corrected chi connectivity index (χ0v) is 26.8. The standard InChI is InChI=1S/C35H54BrN2/c1-34(2)30(37(5)28-19-15-23-11-7-9-13-26(23)32(28)34)21-17-25(36)18-22-31-35(3,4)33-27-14-10-8-12-24(27)16-20-29(33)38(31)6/h17-18,21-24,26-29,32-33H,7-16,19-20H2,1-6H3/q+1. The zero-order valence-electron chi connectivity index (χ0n) is 25.2. The number of hydrogen-bond donors (Lipinski definition) is 0. The highest BCUT2D eigenvalue weighted by atomic mass is 79.9. The lowest BCUT2D eigenvalue weighted by Crippen LogP contribution is -2.45. The van der Waals surface area contributed by atoms with E-state index < -0.39 is 0 Å². The number of nitrogens with zero attached hydrogens (tertiary/aromatic N) is 2. The summed E-state index contributed by atoms with van der Waals surface area (Å²) >= 11 is 3.95. The molecule has 2 heterocycles. The van der Waals surface area contributed by atoms with Gasteiger partial charge in [-0.1, -0.05) is 68.3 Å². The molecule has 0 aromatic carbocycles. The fourth-order valence-corrected chi connectivity index (χ4v) is 11.6. The van der Waals surface area contributed by atoms with Crippen molar-refractivity contribution in [3.05, 3.63) is 34.5 Å². The first kappa shape index (κ1) is 27.3. The molecule has 4 aliphatic carbocycles. The fraction of sp³-hybridized carbons (Fsp3) is 0.800. The van der Waals surface area contributed by atoms with Gasteiger partial charge in [0.25, 0.3) is 0 Å². The average molecular weight is 583 g/mol. The topological polar surface area (TPSA) is 6.25 Å². The van der Waals surface area contributed by atoms with Gasteiger partial charge >= 0.3 is 0 Å². The Morgan fingerprint density at radius 3 is 2.11 bits per heavy atom. The van der Waals surface area contributed by atoms with Crippen molar-refractivity contribution in [3.8, 4) is 0 Å². The van der Waals surface area contributed by atoms with Crippen LogP contribution in [0, 0.1) is 46.3 Å². The molecule has 1 saturated heterocycles. The van der Waals surface area contributed by atoms with E-state index in [4.69, 9.17) is 0 Å². The summed E-state index contributed by atoms with van der Waals surface area (Å²) in [6, 6.07) is 1.46. The summed E-state index contributed by atoms with van der Waals surface area (Å²) in [6.45, 7) is 10.2. The van der Waals surface area contributed by atoms with Crippen LogP contribution in [0.3, 0.4) is 0 Å². The third-order valence-corrected chi connectivity index (χ3v) is 13.4. The van der Waals surface area contributed by atoms with Crippen molar-refractivity contribution in [2.75, 3.05) is 14.1 Å². The van der Waals surface area contributed by atoms with E-state index in [0.717, 1.165) is 47.6 Å². The summed E-state index contributed by atoms with van der Waals surface area (Å²) in [6.07, 6.45) is 27.0. The van der Waals surface area contributed by atoms with Crippen LogP contribution in [-0.2, 0) is 0 Å². The van der Waals surface area contributed by atoms with Crippen LogP contribution in [0.2, 0.25) is 0 Å². The summed E-state index contributed by atoms with van der Waals surface area (Å²) < 4.78 is 3.87. The lowest BCUT2D eigenvalue weighted by Gasteiger charge is -2.47. The molecule has 3 heteroatoms. The molecule has 8 unspecified atom stereocenters. The number of hydrogen-bond acceptors (Lipinski definition) is 1. The Morgan fingerprint density at radius 1 is 0.816 bits per heavy atom. The highest BCUT2D eigenvalue weighted by molar-refractivity contribution is 9.11. The first-order chi connectivity index (χ1) is 18.1. The lowest BCUT2D eigenvalue weighted by atomic mass is 9.57. The van der Waals surface area contributed by atoms with Crippen LogP contribution < -0.4 is 0 Å². The average Bonchev–Trinajstić information content (AvgIpc) is 3.23. The molecule has 5 fully saturated rings. The van der Waals surface area contributed by atoms with Crippen LogP contribution in [-0.4, -0.2) is 41.4 Å². The molecule has 38 heavy (non-hydrogen) atoms. The van der Waals surface area contributed by atoms with E-state index in [2.05, 4.69) is 91.5 Å². The molecular formula is C35H54BrN2+. The molecule has 6 rings (SSSR count). The highest BCUT2D eigenvalue weighted by Gasteiger charge is 2.59. The second kappa shape index (κ2) is 10.2. The third kappa shape index (κ3) is 4.35. The van der Waals surface area contributed by atoms with Gasteiger partial charge in [0.15, 0.2) is 11.8 Å². The van der Waals surface area contributed by atoms with E-state index in [-0.39, 0.29) is 10.8 Å². The largest absolute Gasteiger partial charge is 0.374 e.